The highest BCUT2D eigenvalue weighted by molar-refractivity contribution is 7.99. The summed E-state index contributed by atoms with van der Waals surface area (Å²) in [6.07, 6.45) is 0. The van der Waals surface area contributed by atoms with Gasteiger partial charge in [-0.3, -0.25) is 4.79 Å². The Kier molecular flexibility index (Phi) is 4.21. The molecule has 0 unspecified atom stereocenters. The zero-order valence-corrected chi connectivity index (χ0v) is 12.3. The molecule has 0 bridgehead atoms. The van der Waals surface area contributed by atoms with Crippen LogP contribution in [0.3, 0.4) is 0 Å². The van der Waals surface area contributed by atoms with Crippen molar-refractivity contribution in [1.29, 1.82) is 0 Å². The maximum absolute atomic E-state index is 11.4. The minimum Gasteiger partial charge on any atom is -0.301 e. The average Bonchev–Trinajstić information content (AvgIpc) is 2.26. The SMILES string of the molecule is Cc1cc(=O)[nH]c(Sc2cc(Cl)nc(C(C)C)n2)n1. The molecule has 100 valence electrons. The quantitative estimate of drug-likeness (QED) is 0.696. The van der Waals surface area contributed by atoms with Crippen molar-refractivity contribution in [2.24, 2.45) is 0 Å². The lowest BCUT2D eigenvalue weighted by molar-refractivity contribution is 0.752. The Bertz CT molecular complexity index is 656. The summed E-state index contributed by atoms with van der Waals surface area (Å²) in [5.74, 6) is 0.854. The minimum atomic E-state index is -0.181. The van der Waals surface area contributed by atoms with Crippen LogP contribution in [0.4, 0.5) is 0 Å². The van der Waals surface area contributed by atoms with Crippen molar-refractivity contribution in [3.8, 4) is 0 Å². The maximum Gasteiger partial charge on any atom is 0.251 e. The molecule has 0 spiro atoms. The van der Waals surface area contributed by atoms with Gasteiger partial charge < -0.3 is 4.98 Å². The lowest BCUT2D eigenvalue weighted by Crippen LogP contribution is -2.08. The van der Waals surface area contributed by atoms with E-state index in [9.17, 15) is 4.79 Å². The van der Waals surface area contributed by atoms with Crippen LogP contribution in [0.25, 0.3) is 0 Å². The van der Waals surface area contributed by atoms with Gasteiger partial charge in [0.05, 0.1) is 0 Å². The van der Waals surface area contributed by atoms with Crippen LogP contribution in [0.1, 0.15) is 31.3 Å². The van der Waals surface area contributed by atoms with Crippen molar-refractivity contribution in [2.75, 3.05) is 0 Å². The number of H-pyrrole nitrogens is 1. The van der Waals surface area contributed by atoms with Crippen LogP contribution < -0.4 is 5.56 Å². The minimum absolute atomic E-state index is 0.181. The van der Waals surface area contributed by atoms with E-state index in [1.54, 1.807) is 13.0 Å². The Morgan fingerprint density at radius 1 is 1.26 bits per heavy atom. The van der Waals surface area contributed by atoms with E-state index < -0.39 is 0 Å². The predicted molar refractivity (Wildman–Crippen MR) is 74.8 cm³/mol. The molecule has 7 heteroatoms. The fourth-order valence-corrected chi connectivity index (χ4v) is 2.53. The molecule has 0 atom stereocenters. The largest absolute Gasteiger partial charge is 0.301 e. The third kappa shape index (κ3) is 3.78. The van der Waals surface area contributed by atoms with Crippen LogP contribution >= 0.6 is 23.4 Å². The zero-order chi connectivity index (χ0) is 14.0. The summed E-state index contributed by atoms with van der Waals surface area (Å²) < 4.78 is 0. The van der Waals surface area contributed by atoms with E-state index in [0.29, 0.717) is 26.9 Å². The number of nitrogens with zero attached hydrogens (tertiary/aromatic N) is 3. The van der Waals surface area contributed by atoms with Crippen molar-refractivity contribution in [1.82, 2.24) is 19.9 Å². The van der Waals surface area contributed by atoms with E-state index >= 15 is 0 Å². The third-order valence-electron chi connectivity index (χ3n) is 2.25. The maximum atomic E-state index is 11.4. The van der Waals surface area contributed by atoms with Crippen molar-refractivity contribution in [2.45, 2.75) is 36.9 Å². The van der Waals surface area contributed by atoms with Crippen LogP contribution in [0.2, 0.25) is 5.15 Å². The summed E-state index contributed by atoms with van der Waals surface area (Å²) >= 11 is 7.23. The number of aromatic amines is 1. The lowest BCUT2D eigenvalue weighted by atomic mass is 10.2. The molecule has 19 heavy (non-hydrogen) atoms. The molecule has 0 aliphatic heterocycles. The van der Waals surface area contributed by atoms with E-state index in [-0.39, 0.29) is 11.5 Å². The first-order chi connectivity index (χ1) is 8.94. The van der Waals surface area contributed by atoms with Gasteiger partial charge in [-0.05, 0) is 18.7 Å². The van der Waals surface area contributed by atoms with Crippen LogP contribution in [-0.2, 0) is 0 Å². The molecule has 0 aromatic carbocycles. The summed E-state index contributed by atoms with van der Waals surface area (Å²) in [6.45, 7) is 5.76. The van der Waals surface area contributed by atoms with Gasteiger partial charge in [-0.25, -0.2) is 15.0 Å². The Balaban J connectivity index is 2.35. The van der Waals surface area contributed by atoms with Crippen LogP contribution in [0, 0.1) is 6.92 Å². The Morgan fingerprint density at radius 3 is 2.63 bits per heavy atom. The van der Waals surface area contributed by atoms with Gasteiger partial charge in [-0.1, -0.05) is 25.4 Å². The van der Waals surface area contributed by atoms with Gasteiger partial charge in [0, 0.05) is 23.7 Å². The highest BCUT2D eigenvalue weighted by Crippen LogP contribution is 2.25. The summed E-state index contributed by atoms with van der Waals surface area (Å²) in [4.78, 5) is 26.8. The zero-order valence-electron chi connectivity index (χ0n) is 10.8. The molecule has 0 saturated heterocycles. The molecule has 5 nitrogen and oxygen atoms in total. The van der Waals surface area contributed by atoms with E-state index in [1.807, 2.05) is 13.8 Å². The van der Waals surface area contributed by atoms with Crippen molar-refractivity contribution >= 4 is 23.4 Å². The average molecular weight is 297 g/mol. The van der Waals surface area contributed by atoms with Gasteiger partial charge in [0.15, 0.2) is 5.16 Å². The molecule has 0 fully saturated rings. The van der Waals surface area contributed by atoms with Gasteiger partial charge >= 0.3 is 0 Å². The molecule has 0 aliphatic rings. The number of aryl methyl sites for hydroxylation is 1. The molecule has 2 heterocycles. The van der Waals surface area contributed by atoms with Gasteiger partial charge in [0.2, 0.25) is 0 Å². The number of aromatic nitrogens is 4. The van der Waals surface area contributed by atoms with E-state index in [0.717, 1.165) is 0 Å². The smallest absolute Gasteiger partial charge is 0.251 e. The first-order valence-electron chi connectivity index (χ1n) is 5.74. The summed E-state index contributed by atoms with van der Waals surface area (Å²) in [7, 11) is 0. The highest BCUT2D eigenvalue weighted by Gasteiger charge is 2.09. The second kappa shape index (κ2) is 5.71. The summed E-state index contributed by atoms with van der Waals surface area (Å²) in [5.41, 5.74) is 0.481. The van der Waals surface area contributed by atoms with E-state index in [1.165, 1.54) is 17.8 Å². The van der Waals surface area contributed by atoms with Gasteiger partial charge in [0.1, 0.15) is 16.0 Å². The molecule has 2 rings (SSSR count). The molecular weight excluding hydrogens is 284 g/mol. The van der Waals surface area contributed by atoms with Crippen molar-refractivity contribution in [3.05, 3.63) is 39.2 Å². The fraction of sp³-hybridized carbons (Fsp3) is 0.333. The van der Waals surface area contributed by atoms with Crippen LogP contribution in [0.5, 0.6) is 0 Å². The number of halogens is 1. The van der Waals surface area contributed by atoms with Crippen LogP contribution in [-0.4, -0.2) is 19.9 Å². The monoisotopic (exact) mass is 296 g/mol. The molecule has 0 saturated carbocycles. The van der Waals surface area contributed by atoms with Crippen molar-refractivity contribution in [3.63, 3.8) is 0 Å². The van der Waals surface area contributed by atoms with Crippen LogP contribution in [0.15, 0.2) is 27.1 Å². The van der Waals surface area contributed by atoms with E-state index in [4.69, 9.17) is 11.6 Å². The predicted octanol–water partition coefficient (Wildman–Crippen LogP) is 2.80. The summed E-state index contributed by atoms with van der Waals surface area (Å²) in [6, 6.07) is 3.09. The molecule has 2 aromatic rings. The molecule has 0 amide bonds. The first-order valence-corrected chi connectivity index (χ1v) is 6.94. The molecule has 0 aliphatic carbocycles. The standard InChI is InChI=1S/C12H13ClN4OS/c1-6(2)11-15-8(13)5-10(17-11)19-12-14-7(3)4-9(18)16-12/h4-6H,1-3H3,(H,14,16,18). The Labute approximate surface area is 119 Å². The first kappa shape index (κ1) is 14.0. The Hall–Kier alpha value is -1.40. The van der Waals surface area contributed by atoms with E-state index in [2.05, 4.69) is 19.9 Å². The fourth-order valence-electron chi connectivity index (χ4n) is 1.42. The van der Waals surface area contributed by atoms with Crippen molar-refractivity contribution < 1.29 is 0 Å². The number of nitrogens with one attached hydrogen (secondary N) is 1. The molecule has 2 aromatic heterocycles. The third-order valence-corrected chi connectivity index (χ3v) is 3.25. The number of hydrogen-bond acceptors (Lipinski definition) is 5. The second-order valence-corrected chi connectivity index (χ2v) is 5.73. The van der Waals surface area contributed by atoms with Gasteiger partial charge in [-0.15, -0.1) is 0 Å². The number of hydrogen-bond donors (Lipinski definition) is 1. The summed E-state index contributed by atoms with van der Waals surface area (Å²) in [5, 5.41) is 1.54. The Morgan fingerprint density at radius 2 is 2.00 bits per heavy atom. The second-order valence-electron chi connectivity index (χ2n) is 4.34. The topological polar surface area (TPSA) is 71.5 Å². The van der Waals surface area contributed by atoms with Gasteiger partial charge in [-0.2, -0.15) is 0 Å². The van der Waals surface area contributed by atoms with Gasteiger partial charge in [0.25, 0.3) is 5.56 Å². The lowest BCUT2D eigenvalue weighted by Gasteiger charge is -2.06. The molecule has 1 N–H and O–H groups in total. The molecular formula is C12H13ClN4OS. The normalized spacial score (nSPS) is 11.0. The molecule has 0 radical (unpaired) electrons. The highest BCUT2D eigenvalue weighted by atomic mass is 35.5. The number of rotatable bonds is 3.